The molecule has 1 N–H and O–H groups in total. The Balaban J connectivity index is 1.08. The second-order valence-corrected chi connectivity index (χ2v) is 12.3. The van der Waals surface area contributed by atoms with Crippen molar-refractivity contribution in [2.24, 2.45) is 0 Å². The van der Waals surface area contributed by atoms with E-state index in [0.29, 0.717) is 6.42 Å². The molecule has 1 atom stereocenters. The van der Waals surface area contributed by atoms with E-state index in [1.165, 1.54) is 16.9 Å². The monoisotopic (exact) mass is 544 g/mol. The van der Waals surface area contributed by atoms with Crippen LogP contribution in [0.25, 0.3) is 0 Å². The maximum atomic E-state index is 11.7. The average Bonchev–Trinajstić information content (AvgIpc) is 3.50. The van der Waals surface area contributed by atoms with Gasteiger partial charge in [0, 0.05) is 49.2 Å². The van der Waals surface area contributed by atoms with Crippen molar-refractivity contribution < 1.29 is 4.79 Å². The molecule has 1 fully saturated rings. The van der Waals surface area contributed by atoms with Crippen molar-refractivity contribution in [1.82, 2.24) is 14.1 Å². The van der Waals surface area contributed by atoms with E-state index in [-0.39, 0.29) is 16.6 Å². The van der Waals surface area contributed by atoms with E-state index in [9.17, 15) is 4.79 Å². The van der Waals surface area contributed by atoms with Gasteiger partial charge in [0.2, 0.25) is 5.91 Å². The van der Waals surface area contributed by atoms with Gasteiger partial charge in [-0.25, -0.2) is 0 Å². The van der Waals surface area contributed by atoms with Gasteiger partial charge in [0.05, 0.1) is 13.0 Å². The number of carbonyl (C=O) groups is 1. The third-order valence-corrected chi connectivity index (χ3v) is 9.84. The van der Waals surface area contributed by atoms with Crippen LogP contribution in [0, 0.1) is 0 Å². The Kier molecular flexibility index (Phi) is 7.54. The average molecular weight is 545 g/mol. The first-order valence-electron chi connectivity index (χ1n) is 13.3. The molecule has 0 aliphatic carbocycles. The number of hydrogen-bond acceptors (Lipinski definition) is 4. The summed E-state index contributed by atoms with van der Waals surface area (Å²) in [5.74, 6) is 2.44. The van der Waals surface area contributed by atoms with Crippen molar-refractivity contribution in [3.63, 3.8) is 0 Å². The minimum atomic E-state index is 0.0260. The number of nitrogens with zero attached hydrogens (tertiary/aromatic N) is 3. The Morgan fingerprint density at radius 2 is 1.61 bits per heavy atom. The second-order valence-electron chi connectivity index (χ2n) is 10.1. The summed E-state index contributed by atoms with van der Waals surface area (Å²) in [5.41, 5.74) is 5.80. The molecule has 38 heavy (non-hydrogen) atoms. The number of benzene rings is 3. The summed E-state index contributed by atoms with van der Waals surface area (Å²) in [7, 11) is 0.0260. The smallest absolute Gasteiger partial charge is 0.228 e. The predicted octanol–water partition coefficient (Wildman–Crippen LogP) is 5.54. The van der Waals surface area contributed by atoms with Gasteiger partial charge in [-0.1, -0.05) is 89.0 Å². The maximum Gasteiger partial charge on any atom is 0.228 e. The standard InChI is InChI=1S/C31H33ClN4OS/c32-28-21-29-27(20-30(37)33-29)19-26(28)11-13-34-14-16-35(17-15-34)31-12-18-38(23-25-9-5-2-6-10-25)36(31)22-24-7-3-1-4-8-24/h1-10,12,18-19,21H,11,13-17,20,22-23H2,(H,33,37). The van der Waals surface area contributed by atoms with Gasteiger partial charge in [-0.2, -0.15) is 0 Å². The number of hydrogen-bond donors (Lipinski definition) is 1. The number of halogens is 1. The lowest BCUT2D eigenvalue weighted by Gasteiger charge is -2.40. The SMILES string of the molecule is O=C1Cc2cc(CCN3CCN(C4=CC=S(Cc5ccccc5)N4Cc4ccccc4)CC3)c(Cl)cc2N1. The van der Waals surface area contributed by atoms with Crippen LogP contribution in [0.15, 0.2) is 84.7 Å². The molecule has 6 rings (SSSR count). The quantitative estimate of drug-likeness (QED) is 0.378. The second kappa shape index (κ2) is 11.4. The molecule has 3 heterocycles. The van der Waals surface area contributed by atoms with Crippen molar-refractivity contribution in [2.45, 2.75) is 25.1 Å². The van der Waals surface area contributed by atoms with Crippen molar-refractivity contribution in [3.8, 4) is 0 Å². The van der Waals surface area contributed by atoms with Crippen LogP contribution in [-0.4, -0.2) is 58.1 Å². The zero-order chi connectivity index (χ0) is 25.9. The van der Waals surface area contributed by atoms with E-state index in [1.54, 1.807) is 0 Å². The predicted molar refractivity (Wildman–Crippen MR) is 159 cm³/mol. The summed E-state index contributed by atoms with van der Waals surface area (Å²) in [5, 5.41) is 6.05. The summed E-state index contributed by atoms with van der Waals surface area (Å²) in [6.07, 6.45) is 3.71. The van der Waals surface area contributed by atoms with Crippen LogP contribution in [0.4, 0.5) is 5.69 Å². The lowest BCUT2D eigenvalue weighted by atomic mass is 10.1. The van der Waals surface area contributed by atoms with Gasteiger partial charge in [-0.05, 0) is 46.2 Å². The number of allylic oxidation sites excluding steroid dienone is 1. The third-order valence-electron chi connectivity index (χ3n) is 7.53. The molecule has 1 saturated heterocycles. The van der Waals surface area contributed by atoms with Crippen molar-refractivity contribution in [1.29, 1.82) is 0 Å². The fourth-order valence-electron chi connectivity index (χ4n) is 5.43. The Morgan fingerprint density at radius 3 is 2.34 bits per heavy atom. The fraction of sp³-hybridized carbons (Fsp3) is 0.290. The fourth-order valence-corrected chi connectivity index (χ4v) is 7.63. The molecule has 0 saturated carbocycles. The zero-order valence-electron chi connectivity index (χ0n) is 21.5. The van der Waals surface area contributed by atoms with E-state index >= 15 is 0 Å². The maximum absolute atomic E-state index is 11.7. The molecule has 0 radical (unpaired) electrons. The first-order chi connectivity index (χ1) is 18.6. The topological polar surface area (TPSA) is 38.8 Å². The van der Waals surface area contributed by atoms with Crippen LogP contribution >= 0.6 is 22.3 Å². The molecular weight excluding hydrogens is 512 g/mol. The molecule has 196 valence electrons. The summed E-state index contributed by atoms with van der Waals surface area (Å²) in [4.78, 5) is 16.8. The van der Waals surface area contributed by atoms with Gasteiger partial charge in [0.1, 0.15) is 5.82 Å². The van der Waals surface area contributed by atoms with Gasteiger partial charge in [0.25, 0.3) is 0 Å². The molecule has 5 nitrogen and oxygen atoms in total. The van der Waals surface area contributed by atoms with Crippen LogP contribution in [0.2, 0.25) is 5.02 Å². The molecule has 3 aliphatic rings. The van der Waals surface area contributed by atoms with Crippen LogP contribution in [0.1, 0.15) is 22.3 Å². The van der Waals surface area contributed by atoms with Crippen LogP contribution < -0.4 is 5.32 Å². The molecule has 1 amide bonds. The number of amides is 1. The molecule has 3 aliphatic heterocycles. The minimum absolute atomic E-state index is 0.0260. The van der Waals surface area contributed by atoms with Gasteiger partial charge in [-0.3, -0.25) is 9.69 Å². The van der Waals surface area contributed by atoms with E-state index in [1.807, 2.05) is 6.07 Å². The summed E-state index contributed by atoms with van der Waals surface area (Å²) < 4.78 is 2.61. The first kappa shape index (κ1) is 25.2. The highest BCUT2D eigenvalue weighted by atomic mass is 35.5. The molecule has 0 spiro atoms. The van der Waals surface area contributed by atoms with Crippen LogP contribution in [-0.2, 0) is 29.9 Å². The molecule has 3 aromatic carbocycles. The molecule has 0 aromatic heterocycles. The summed E-state index contributed by atoms with van der Waals surface area (Å²) in [6, 6.07) is 25.7. The lowest BCUT2D eigenvalue weighted by molar-refractivity contribution is -0.115. The third kappa shape index (κ3) is 5.68. The minimum Gasteiger partial charge on any atom is -0.355 e. The Labute approximate surface area is 232 Å². The number of fused-ring (bicyclic) bond motifs is 1. The number of anilines is 1. The van der Waals surface area contributed by atoms with Crippen LogP contribution in [0.3, 0.4) is 0 Å². The van der Waals surface area contributed by atoms with Crippen molar-refractivity contribution in [2.75, 3.05) is 38.0 Å². The van der Waals surface area contributed by atoms with E-state index in [4.69, 9.17) is 11.6 Å². The Hall–Kier alpha value is -3.06. The Bertz CT molecular complexity index is 1370. The van der Waals surface area contributed by atoms with E-state index in [0.717, 1.165) is 73.3 Å². The van der Waals surface area contributed by atoms with Crippen molar-refractivity contribution >= 4 is 39.2 Å². The Morgan fingerprint density at radius 1 is 0.895 bits per heavy atom. The number of carbonyl (C=O) groups excluding carboxylic acids is 1. The number of piperazine rings is 1. The molecule has 1 unspecified atom stereocenters. The number of nitrogens with one attached hydrogen (secondary N) is 1. The highest BCUT2D eigenvalue weighted by molar-refractivity contribution is 8.12. The zero-order valence-corrected chi connectivity index (χ0v) is 23.1. The first-order valence-corrected chi connectivity index (χ1v) is 15.1. The highest BCUT2D eigenvalue weighted by Crippen LogP contribution is 2.37. The molecule has 3 aromatic rings. The van der Waals surface area contributed by atoms with Crippen molar-refractivity contribution in [3.05, 3.63) is 112 Å². The molecular formula is C31H33ClN4OS. The normalized spacial score (nSPS) is 19.2. The largest absolute Gasteiger partial charge is 0.355 e. The van der Waals surface area contributed by atoms with Crippen LogP contribution in [0.5, 0.6) is 0 Å². The van der Waals surface area contributed by atoms with Gasteiger partial charge < -0.3 is 14.5 Å². The van der Waals surface area contributed by atoms with Gasteiger partial charge in [-0.15, -0.1) is 0 Å². The highest BCUT2D eigenvalue weighted by Gasteiger charge is 2.27. The number of rotatable bonds is 8. The summed E-state index contributed by atoms with van der Waals surface area (Å²) in [6.45, 7) is 6.00. The lowest BCUT2D eigenvalue weighted by Crippen LogP contribution is -2.48. The summed E-state index contributed by atoms with van der Waals surface area (Å²) >= 11 is 6.54. The molecule has 0 bridgehead atoms. The van der Waals surface area contributed by atoms with E-state index < -0.39 is 0 Å². The molecule has 7 heteroatoms. The van der Waals surface area contributed by atoms with E-state index in [2.05, 4.69) is 97.6 Å². The van der Waals surface area contributed by atoms with Gasteiger partial charge in [0.15, 0.2) is 0 Å². The van der Waals surface area contributed by atoms with Gasteiger partial charge >= 0.3 is 0 Å².